The van der Waals surface area contributed by atoms with Crippen molar-refractivity contribution in [2.24, 2.45) is 0 Å². The molecular weight excluding hydrogens is 407 g/mol. The third-order valence-electron chi connectivity index (χ3n) is 4.83. The highest BCUT2D eigenvalue weighted by Crippen LogP contribution is 2.46. The third kappa shape index (κ3) is 3.09. The van der Waals surface area contributed by atoms with E-state index in [1.165, 1.54) is 6.92 Å². The molecule has 3 unspecified atom stereocenters. The van der Waals surface area contributed by atoms with Crippen LogP contribution in [-0.4, -0.2) is 23.9 Å². The summed E-state index contributed by atoms with van der Waals surface area (Å²) >= 11 is 0. The highest BCUT2D eigenvalue weighted by Gasteiger charge is 2.49. The zero-order chi connectivity index (χ0) is 21.2. The smallest absolute Gasteiger partial charge is 0.387 e. The van der Waals surface area contributed by atoms with E-state index in [2.05, 4.69) is 0 Å². The molecule has 0 aromatic heterocycles. The molecule has 2 N–H and O–H groups in total. The molecule has 4 nitrogen and oxygen atoms in total. The van der Waals surface area contributed by atoms with Crippen molar-refractivity contribution in [1.29, 1.82) is 0 Å². The number of benzene rings is 2. The van der Waals surface area contributed by atoms with E-state index in [1.807, 2.05) is 0 Å². The molecule has 28 heavy (non-hydrogen) atoms. The SMILES string of the molecule is Cc1cc2c(cc1F)S(=O)(=O)C(C(O)c1cc(C)c(C(F)(F)F)c(F)c1)C2O. The van der Waals surface area contributed by atoms with E-state index in [-0.39, 0.29) is 11.1 Å². The number of hydrogen-bond donors (Lipinski definition) is 2. The highest BCUT2D eigenvalue weighted by molar-refractivity contribution is 7.92. The van der Waals surface area contributed by atoms with Gasteiger partial charge < -0.3 is 10.2 Å². The molecule has 1 aliphatic rings. The summed E-state index contributed by atoms with van der Waals surface area (Å²) in [7, 11) is -4.43. The topological polar surface area (TPSA) is 74.6 Å². The second-order valence-electron chi connectivity index (χ2n) is 6.73. The van der Waals surface area contributed by atoms with E-state index in [9.17, 15) is 40.6 Å². The molecule has 0 amide bonds. The van der Waals surface area contributed by atoms with Crippen LogP contribution in [0.5, 0.6) is 0 Å². The Kier molecular flexibility index (Phi) is 4.80. The van der Waals surface area contributed by atoms with E-state index in [4.69, 9.17) is 0 Å². The standard InChI is InChI=1S/C18H15F5O4S/c1-7-4-10-13(6-11(7)19)28(26,27)17(16(10)25)15(24)9-3-8(2)14(12(20)5-9)18(21,22)23/h3-6,15-17,24-25H,1-2H3. The fourth-order valence-electron chi connectivity index (χ4n) is 3.49. The number of aliphatic hydroxyl groups is 2. The minimum absolute atomic E-state index is 0.0690. The fourth-order valence-corrected chi connectivity index (χ4v) is 5.54. The van der Waals surface area contributed by atoms with Crippen LogP contribution in [0.2, 0.25) is 0 Å². The Bertz CT molecular complexity index is 1040. The molecule has 1 heterocycles. The monoisotopic (exact) mass is 422 g/mol. The number of sulfone groups is 1. The van der Waals surface area contributed by atoms with Crippen LogP contribution in [0.3, 0.4) is 0 Å². The Morgan fingerprint density at radius 3 is 2.14 bits per heavy atom. The van der Waals surface area contributed by atoms with Crippen molar-refractivity contribution in [3.63, 3.8) is 0 Å². The van der Waals surface area contributed by atoms with Crippen LogP contribution in [-0.2, 0) is 16.0 Å². The second-order valence-corrected chi connectivity index (χ2v) is 8.81. The third-order valence-corrected chi connectivity index (χ3v) is 7.03. The molecule has 10 heteroatoms. The van der Waals surface area contributed by atoms with Gasteiger partial charge in [-0.2, -0.15) is 13.2 Å². The zero-order valence-electron chi connectivity index (χ0n) is 14.6. The summed E-state index contributed by atoms with van der Waals surface area (Å²) in [5.74, 6) is -2.51. The van der Waals surface area contributed by atoms with Crippen LogP contribution < -0.4 is 0 Å². The van der Waals surface area contributed by atoms with Gasteiger partial charge in [-0.25, -0.2) is 17.2 Å². The number of halogens is 5. The van der Waals surface area contributed by atoms with Gasteiger partial charge in [0.15, 0.2) is 9.84 Å². The van der Waals surface area contributed by atoms with Crippen LogP contribution in [0, 0.1) is 25.5 Å². The summed E-state index contributed by atoms with van der Waals surface area (Å²) in [6, 6.07) is 3.04. The summed E-state index contributed by atoms with van der Waals surface area (Å²) in [4.78, 5) is -0.517. The minimum atomic E-state index is -4.97. The van der Waals surface area contributed by atoms with Crippen molar-refractivity contribution in [1.82, 2.24) is 0 Å². The van der Waals surface area contributed by atoms with E-state index < -0.39 is 66.7 Å². The largest absolute Gasteiger partial charge is 0.419 e. The molecule has 3 atom stereocenters. The maximum absolute atomic E-state index is 14.0. The molecule has 0 aliphatic carbocycles. The number of rotatable bonds is 2. The van der Waals surface area contributed by atoms with Gasteiger partial charge in [-0.1, -0.05) is 6.07 Å². The quantitative estimate of drug-likeness (QED) is 0.727. The zero-order valence-corrected chi connectivity index (χ0v) is 15.4. The Balaban J connectivity index is 2.10. The molecule has 152 valence electrons. The first-order chi connectivity index (χ1) is 12.8. The van der Waals surface area contributed by atoms with E-state index in [1.54, 1.807) is 0 Å². The summed E-state index contributed by atoms with van der Waals surface area (Å²) in [6.45, 7) is 2.32. The molecule has 0 spiro atoms. The molecular formula is C18H15F5O4S. The van der Waals surface area contributed by atoms with Crippen molar-refractivity contribution in [3.8, 4) is 0 Å². The van der Waals surface area contributed by atoms with Crippen molar-refractivity contribution in [2.75, 3.05) is 0 Å². The van der Waals surface area contributed by atoms with Crippen LogP contribution in [0.25, 0.3) is 0 Å². The lowest BCUT2D eigenvalue weighted by atomic mass is 9.95. The molecule has 2 aromatic carbocycles. The predicted octanol–water partition coefficient (Wildman–Crippen LogP) is 3.52. The van der Waals surface area contributed by atoms with Gasteiger partial charge in [-0.15, -0.1) is 0 Å². The Hall–Kier alpha value is -2.04. The van der Waals surface area contributed by atoms with Gasteiger partial charge in [0.25, 0.3) is 0 Å². The second kappa shape index (κ2) is 6.50. The van der Waals surface area contributed by atoms with Crippen LogP contribution in [0.1, 0.15) is 40.0 Å². The predicted molar refractivity (Wildman–Crippen MR) is 88.2 cm³/mol. The Morgan fingerprint density at radius 2 is 1.61 bits per heavy atom. The number of hydrogen-bond acceptors (Lipinski definition) is 4. The Morgan fingerprint density at radius 1 is 1.00 bits per heavy atom. The first-order valence-corrected chi connectivity index (χ1v) is 9.58. The molecule has 0 saturated carbocycles. The van der Waals surface area contributed by atoms with Crippen LogP contribution in [0.4, 0.5) is 22.0 Å². The first-order valence-electron chi connectivity index (χ1n) is 8.04. The van der Waals surface area contributed by atoms with Gasteiger partial charge in [0.1, 0.15) is 23.0 Å². The van der Waals surface area contributed by atoms with E-state index in [0.717, 1.165) is 19.1 Å². The van der Waals surface area contributed by atoms with Gasteiger partial charge in [0.05, 0.1) is 16.6 Å². The summed E-state index contributed by atoms with van der Waals surface area (Å²) in [5, 5.41) is 19.0. The van der Waals surface area contributed by atoms with Gasteiger partial charge in [0.2, 0.25) is 0 Å². The van der Waals surface area contributed by atoms with Crippen LogP contribution in [0.15, 0.2) is 29.2 Å². The number of alkyl halides is 3. The van der Waals surface area contributed by atoms with Crippen molar-refractivity contribution >= 4 is 9.84 Å². The molecule has 0 fully saturated rings. The van der Waals surface area contributed by atoms with Gasteiger partial charge in [-0.3, -0.25) is 0 Å². The maximum Gasteiger partial charge on any atom is 0.419 e. The average molecular weight is 422 g/mol. The fraction of sp³-hybridized carbons (Fsp3) is 0.333. The average Bonchev–Trinajstić information content (AvgIpc) is 2.72. The summed E-state index contributed by atoms with van der Waals surface area (Å²) in [5.41, 5.74) is -2.59. The first kappa shape index (κ1) is 20.7. The van der Waals surface area contributed by atoms with Gasteiger partial charge in [0, 0.05) is 5.56 Å². The molecule has 1 aliphatic heterocycles. The lowest BCUT2D eigenvalue weighted by Gasteiger charge is -2.22. The van der Waals surface area contributed by atoms with Crippen molar-refractivity contribution < 1.29 is 40.6 Å². The number of fused-ring (bicyclic) bond motifs is 1. The molecule has 3 rings (SSSR count). The normalized spacial score (nSPS) is 22.2. The minimum Gasteiger partial charge on any atom is -0.387 e. The Labute approximate surface area is 157 Å². The maximum atomic E-state index is 14.0. The van der Waals surface area contributed by atoms with Crippen LogP contribution >= 0.6 is 0 Å². The number of aryl methyl sites for hydroxylation is 2. The van der Waals surface area contributed by atoms with E-state index >= 15 is 0 Å². The summed E-state index contributed by atoms with van der Waals surface area (Å²) < 4.78 is 92.0. The molecule has 0 bridgehead atoms. The molecule has 0 saturated heterocycles. The lowest BCUT2D eigenvalue weighted by molar-refractivity contribution is -0.140. The van der Waals surface area contributed by atoms with Gasteiger partial charge >= 0.3 is 6.18 Å². The van der Waals surface area contributed by atoms with Crippen molar-refractivity contribution in [3.05, 3.63) is 63.7 Å². The summed E-state index contributed by atoms with van der Waals surface area (Å²) in [6.07, 6.45) is -8.77. The highest BCUT2D eigenvalue weighted by atomic mass is 32.2. The molecule has 2 aromatic rings. The van der Waals surface area contributed by atoms with Gasteiger partial charge in [-0.05, 0) is 48.7 Å². The lowest BCUT2D eigenvalue weighted by Crippen LogP contribution is -2.29. The number of aliphatic hydroxyl groups excluding tert-OH is 2. The molecule has 0 radical (unpaired) electrons. The van der Waals surface area contributed by atoms with Crippen molar-refractivity contribution in [2.45, 2.75) is 42.4 Å². The van der Waals surface area contributed by atoms with E-state index in [0.29, 0.717) is 12.1 Å².